The van der Waals surface area contributed by atoms with E-state index >= 15 is 0 Å². The maximum atomic E-state index is 12.4. The van der Waals surface area contributed by atoms with E-state index in [1.165, 1.54) is 43.4 Å². The Morgan fingerprint density at radius 1 is 1.10 bits per heavy atom. The minimum Gasteiger partial charge on any atom is -0.351 e. The Balaban J connectivity index is 1.44. The minimum absolute atomic E-state index is 0.0110. The summed E-state index contributed by atoms with van der Waals surface area (Å²) >= 11 is 1.42. The molecule has 1 saturated carbocycles. The molecule has 5 nitrogen and oxygen atoms in total. The Kier molecular flexibility index (Phi) is 8.25. The lowest BCUT2D eigenvalue weighted by Crippen LogP contribution is -2.33. The first-order valence-electron chi connectivity index (χ1n) is 10.5. The zero-order valence-corrected chi connectivity index (χ0v) is 18.0. The molecule has 156 valence electrons. The number of carbonyl (C=O) groups excluding carboxylic acids is 2. The number of nitrogens with one attached hydrogen (secondary N) is 2. The molecule has 0 bridgehead atoms. The zero-order chi connectivity index (χ0) is 20.5. The fourth-order valence-corrected chi connectivity index (χ4v) is 4.50. The van der Waals surface area contributed by atoms with Crippen LogP contribution in [0, 0.1) is 0 Å². The predicted octanol–water partition coefficient (Wildman–Crippen LogP) is 4.66. The van der Waals surface area contributed by atoms with Crippen LogP contribution >= 0.6 is 11.3 Å². The third-order valence-electron chi connectivity index (χ3n) is 5.52. The number of carbonyl (C=O) groups is 2. The molecule has 0 saturated heterocycles. The topological polar surface area (TPSA) is 61.4 Å². The van der Waals surface area contributed by atoms with Crippen molar-refractivity contribution in [3.05, 3.63) is 52.2 Å². The SMILES string of the molecule is CN(Cc1ccccc1NC(=O)CCCNC(=O)c1cccs1)C1CCCCC1. The standard InChI is InChI=1S/C23H31N3O2S/c1-26(19-10-3-2-4-11-19)17-18-9-5-6-12-20(18)25-22(27)14-7-15-24-23(28)21-13-8-16-29-21/h5-6,8-9,12-13,16,19H,2-4,7,10-11,14-15,17H2,1H3,(H,24,28)(H,25,27). The predicted molar refractivity (Wildman–Crippen MR) is 119 cm³/mol. The van der Waals surface area contributed by atoms with Gasteiger partial charge in [0, 0.05) is 31.2 Å². The fourth-order valence-electron chi connectivity index (χ4n) is 3.86. The first-order valence-corrected chi connectivity index (χ1v) is 11.4. The van der Waals surface area contributed by atoms with E-state index in [1.54, 1.807) is 6.07 Å². The first kappa shape index (κ1) is 21.5. The number of rotatable bonds is 9. The normalized spacial score (nSPS) is 14.7. The number of hydrogen-bond acceptors (Lipinski definition) is 4. The van der Waals surface area contributed by atoms with Crippen LogP contribution in [0.3, 0.4) is 0 Å². The second-order valence-electron chi connectivity index (χ2n) is 7.75. The van der Waals surface area contributed by atoms with Crippen LogP contribution in [0.1, 0.15) is 60.2 Å². The summed E-state index contributed by atoms with van der Waals surface area (Å²) in [6.07, 6.45) is 7.52. The zero-order valence-electron chi connectivity index (χ0n) is 17.2. The van der Waals surface area contributed by atoms with Gasteiger partial charge < -0.3 is 10.6 Å². The molecule has 1 fully saturated rings. The van der Waals surface area contributed by atoms with Crippen molar-refractivity contribution >= 4 is 28.8 Å². The molecule has 3 rings (SSSR count). The highest BCUT2D eigenvalue weighted by Gasteiger charge is 2.19. The summed E-state index contributed by atoms with van der Waals surface area (Å²) in [7, 11) is 2.19. The lowest BCUT2D eigenvalue weighted by atomic mass is 9.94. The quantitative estimate of drug-likeness (QED) is 0.588. The number of amides is 2. The molecule has 1 aliphatic rings. The fraction of sp³-hybridized carbons (Fsp3) is 0.478. The first-order chi connectivity index (χ1) is 14.1. The highest BCUT2D eigenvalue weighted by atomic mass is 32.1. The van der Waals surface area contributed by atoms with Crippen LogP contribution in [0.15, 0.2) is 41.8 Å². The average molecular weight is 414 g/mol. The summed E-state index contributed by atoms with van der Waals surface area (Å²) in [6, 6.07) is 12.3. The minimum atomic E-state index is -0.0727. The van der Waals surface area contributed by atoms with Crippen LogP contribution in [0.2, 0.25) is 0 Å². The third kappa shape index (κ3) is 6.68. The Morgan fingerprint density at radius 2 is 1.90 bits per heavy atom. The highest BCUT2D eigenvalue weighted by Crippen LogP contribution is 2.25. The largest absolute Gasteiger partial charge is 0.351 e. The molecule has 2 N–H and O–H groups in total. The number of thiophene rings is 1. The van der Waals surface area contributed by atoms with E-state index in [0.29, 0.717) is 30.3 Å². The van der Waals surface area contributed by atoms with Crippen LogP contribution < -0.4 is 10.6 Å². The maximum Gasteiger partial charge on any atom is 0.261 e. The number of hydrogen-bond donors (Lipinski definition) is 2. The van der Waals surface area contributed by atoms with Gasteiger partial charge in [0.2, 0.25) is 5.91 Å². The van der Waals surface area contributed by atoms with Crippen molar-refractivity contribution in [2.45, 2.75) is 57.5 Å². The van der Waals surface area contributed by atoms with Crippen molar-refractivity contribution in [1.29, 1.82) is 0 Å². The molecule has 1 aromatic carbocycles. The maximum absolute atomic E-state index is 12.4. The van der Waals surface area contributed by atoms with E-state index in [4.69, 9.17) is 0 Å². The molecule has 29 heavy (non-hydrogen) atoms. The Labute approximate surface area is 177 Å². The summed E-state index contributed by atoms with van der Waals surface area (Å²) in [6.45, 7) is 1.34. The molecule has 1 heterocycles. The molecule has 1 aliphatic carbocycles. The van der Waals surface area contributed by atoms with E-state index in [0.717, 1.165) is 17.8 Å². The van der Waals surface area contributed by atoms with Crippen molar-refractivity contribution in [3.8, 4) is 0 Å². The molecule has 6 heteroatoms. The van der Waals surface area contributed by atoms with Crippen molar-refractivity contribution < 1.29 is 9.59 Å². The van der Waals surface area contributed by atoms with E-state index in [9.17, 15) is 9.59 Å². The van der Waals surface area contributed by atoms with Crippen LogP contribution in [-0.2, 0) is 11.3 Å². The van der Waals surface area contributed by atoms with Gasteiger partial charge in [-0.05, 0) is 49.4 Å². The number of nitrogens with zero attached hydrogens (tertiary/aromatic N) is 1. The molecule has 2 amide bonds. The summed E-state index contributed by atoms with van der Waals surface area (Å²) in [5.41, 5.74) is 2.04. The van der Waals surface area contributed by atoms with Crippen LogP contribution in [-0.4, -0.2) is 36.3 Å². The van der Waals surface area contributed by atoms with Gasteiger partial charge in [0.1, 0.15) is 0 Å². The Hall–Kier alpha value is -2.18. The second-order valence-corrected chi connectivity index (χ2v) is 8.70. The molecular weight excluding hydrogens is 382 g/mol. The van der Waals surface area contributed by atoms with Crippen molar-refractivity contribution in [2.75, 3.05) is 18.9 Å². The molecule has 0 radical (unpaired) electrons. The highest BCUT2D eigenvalue weighted by molar-refractivity contribution is 7.12. The van der Waals surface area contributed by atoms with E-state index in [1.807, 2.05) is 29.6 Å². The number of anilines is 1. The molecule has 2 aromatic rings. The van der Waals surface area contributed by atoms with E-state index in [2.05, 4.69) is 28.6 Å². The summed E-state index contributed by atoms with van der Waals surface area (Å²) in [4.78, 5) is 27.4. The van der Waals surface area contributed by atoms with Crippen molar-refractivity contribution in [1.82, 2.24) is 10.2 Å². The summed E-state index contributed by atoms with van der Waals surface area (Å²) in [5.74, 6) is -0.0837. The van der Waals surface area contributed by atoms with Crippen molar-refractivity contribution in [3.63, 3.8) is 0 Å². The average Bonchev–Trinajstić information content (AvgIpc) is 3.28. The Bertz CT molecular complexity index is 785. The van der Waals surface area contributed by atoms with E-state index < -0.39 is 0 Å². The van der Waals surface area contributed by atoms with E-state index in [-0.39, 0.29) is 11.8 Å². The summed E-state index contributed by atoms with van der Waals surface area (Å²) in [5, 5.41) is 7.80. The third-order valence-corrected chi connectivity index (χ3v) is 6.39. The van der Waals surface area contributed by atoms with Crippen molar-refractivity contribution in [2.24, 2.45) is 0 Å². The van der Waals surface area contributed by atoms with Gasteiger partial charge >= 0.3 is 0 Å². The van der Waals surface area contributed by atoms with Gasteiger partial charge in [-0.25, -0.2) is 0 Å². The number of benzene rings is 1. The van der Waals surface area contributed by atoms with Crippen LogP contribution in [0.5, 0.6) is 0 Å². The molecule has 0 aliphatic heterocycles. The molecular formula is C23H31N3O2S. The lowest BCUT2D eigenvalue weighted by molar-refractivity contribution is -0.116. The molecule has 0 unspecified atom stereocenters. The number of para-hydroxylation sites is 1. The van der Waals surface area contributed by atoms with Gasteiger partial charge in [0.25, 0.3) is 5.91 Å². The Morgan fingerprint density at radius 3 is 2.66 bits per heavy atom. The molecule has 1 aromatic heterocycles. The smallest absolute Gasteiger partial charge is 0.261 e. The van der Waals surface area contributed by atoms with Gasteiger partial charge in [0.15, 0.2) is 0 Å². The van der Waals surface area contributed by atoms with Gasteiger partial charge in [-0.1, -0.05) is 43.5 Å². The van der Waals surface area contributed by atoms with Gasteiger partial charge in [-0.3, -0.25) is 14.5 Å². The van der Waals surface area contributed by atoms with Gasteiger partial charge in [-0.15, -0.1) is 11.3 Å². The second kappa shape index (κ2) is 11.1. The van der Waals surface area contributed by atoms with Crippen LogP contribution in [0.4, 0.5) is 5.69 Å². The van der Waals surface area contributed by atoms with Gasteiger partial charge in [0.05, 0.1) is 4.88 Å². The summed E-state index contributed by atoms with van der Waals surface area (Å²) < 4.78 is 0. The molecule has 0 spiro atoms. The van der Waals surface area contributed by atoms with Crippen LogP contribution in [0.25, 0.3) is 0 Å². The monoisotopic (exact) mass is 413 g/mol. The van der Waals surface area contributed by atoms with Gasteiger partial charge in [-0.2, -0.15) is 0 Å². The molecule has 0 atom stereocenters. The lowest BCUT2D eigenvalue weighted by Gasteiger charge is -2.31.